The number of hydrogen-bond acceptors (Lipinski definition) is 6. The van der Waals surface area contributed by atoms with E-state index < -0.39 is 0 Å². The van der Waals surface area contributed by atoms with Gasteiger partial charge in [0.25, 0.3) is 0 Å². The van der Waals surface area contributed by atoms with Crippen LogP contribution in [0.25, 0.3) is 4.91 Å². The molecule has 210 valence electrons. The summed E-state index contributed by atoms with van der Waals surface area (Å²) in [5.74, 6) is 1.52. The van der Waals surface area contributed by atoms with Gasteiger partial charge in [0, 0.05) is 23.2 Å². The number of fused-ring (bicyclic) bond motifs is 1. The second kappa shape index (κ2) is 15.9. The zero-order valence-corrected chi connectivity index (χ0v) is 25.2. The van der Waals surface area contributed by atoms with Crippen LogP contribution in [0.3, 0.4) is 0 Å². The monoisotopic (exact) mass is 554 g/mol. The Labute approximate surface area is 244 Å². The molecule has 0 spiro atoms. The predicted molar refractivity (Wildman–Crippen MR) is 170 cm³/mol. The molecule has 0 saturated carbocycles. The first-order valence-corrected chi connectivity index (χ1v) is 14.8. The molecule has 0 aliphatic carbocycles. The van der Waals surface area contributed by atoms with Crippen molar-refractivity contribution >= 4 is 22.4 Å². The van der Waals surface area contributed by atoms with Crippen molar-refractivity contribution in [1.82, 2.24) is 10.3 Å². The van der Waals surface area contributed by atoms with Crippen LogP contribution in [0.2, 0.25) is 0 Å². The summed E-state index contributed by atoms with van der Waals surface area (Å²) in [6.07, 6.45) is 2.85. The van der Waals surface area contributed by atoms with Crippen LogP contribution in [0.5, 0.6) is 5.88 Å². The summed E-state index contributed by atoms with van der Waals surface area (Å²) < 4.78 is 6.16. The number of rotatable bonds is 10. The maximum atomic E-state index is 8.91. The van der Waals surface area contributed by atoms with Crippen LogP contribution >= 0.6 is 11.8 Å². The highest BCUT2D eigenvalue weighted by Crippen LogP contribution is 2.42. The number of nitrogens with one attached hydrogen (secondary N) is 2. The van der Waals surface area contributed by atoms with Gasteiger partial charge in [-0.3, -0.25) is 0 Å². The lowest BCUT2D eigenvalue weighted by atomic mass is 10.0. The molecule has 40 heavy (non-hydrogen) atoms. The SMILES string of the molecule is C=C(S/C(=C(/C)C(C)C)c1cnc2c(c1)NC[C@@H](CNCCc1ccc(C#N)cc1)O2)C(C)C.c1ccccc1. The minimum Gasteiger partial charge on any atom is -0.470 e. The second-order valence-corrected chi connectivity index (χ2v) is 11.6. The minimum absolute atomic E-state index is 0.0225. The number of nitrogens with zero attached hydrogens (tertiary/aromatic N) is 2. The summed E-state index contributed by atoms with van der Waals surface area (Å²) in [6, 6.07) is 24.0. The van der Waals surface area contributed by atoms with Crippen molar-refractivity contribution in [3.63, 3.8) is 0 Å². The van der Waals surface area contributed by atoms with Crippen molar-refractivity contribution in [3.8, 4) is 11.9 Å². The predicted octanol–water partition coefficient (Wildman–Crippen LogP) is 7.93. The first-order chi connectivity index (χ1) is 19.3. The Balaban J connectivity index is 0.000000649. The third-order valence-electron chi connectivity index (χ3n) is 6.73. The highest BCUT2D eigenvalue weighted by atomic mass is 32.2. The van der Waals surface area contributed by atoms with Gasteiger partial charge in [-0.25, -0.2) is 4.98 Å². The molecule has 2 N–H and O–H groups in total. The fraction of sp³-hybridized carbons (Fsp3) is 0.353. The molecule has 2 heterocycles. The average Bonchev–Trinajstić information content (AvgIpc) is 2.98. The van der Waals surface area contributed by atoms with E-state index in [0.717, 1.165) is 42.2 Å². The Bertz CT molecular complexity index is 1270. The van der Waals surface area contributed by atoms with Crippen LogP contribution in [-0.2, 0) is 6.42 Å². The quantitative estimate of drug-likeness (QED) is 0.248. The van der Waals surface area contributed by atoms with Gasteiger partial charge in [-0.15, -0.1) is 0 Å². The van der Waals surface area contributed by atoms with E-state index in [1.54, 1.807) is 11.8 Å². The zero-order chi connectivity index (χ0) is 28.9. The van der Waals surface area contributed by atoms with E-state index in [0.29, 0.717) is 23.3 Å². The Hall–Kier alpha value is -3.53. The van der Waals surface area contributed by atoms with Gasteiger partial charge in [0.1, 0.15) is 6.10 Å². The fourth-order valence-corrected chi connectivity index (χ4v) is 4.96. The molecule has 4 rings (SSSR count). The number of nitriles is 1. The summed E-state index contributed by atoms with van der Waals surface area (Å²) >= 11 is 1.76. The third kappa shape index (κ3) is 9.59. The van der Waals surface area contributed by atoms with E-state index in [-0.39, 0.29) is 6.10 Å². The summed E-state index contributed by atoms with van der Waals surface area (Å²) in [6.45, 7) is 17.6. The van der Waals surface area contributed by atoms with E-state index in [4.69, 9.17) is 10.00 Å². The highest BCUT2D eigenvalue weighted by molar-refractivity contribution is 8.11. The Morgan fingerprint density at radius 1 is 1.10 bits per heavy atom. The van der Waals surface area contributed by atoms with Crippen molar-refractivity contribution in [3.05, 3.63) is 107 Å². The van der Waals surface area contributed by atoms with Gasteiger partial charge in [-0.05, 0) is 60.4 Å². The van der Waals surface area contributed by atoms with Crippen LogP contribution in [0.1, 0.15) is 51.3 Å². The van der Waals surface area contributed by atoms with Crippen molar-refractivity contribution < 1.29 is 4.74 Å². The van der Waals surface area contributed by atoms with Crippen molar-refractivity contribution in [2.75, 3.05) is 25.0 Å². The smallest absolute Gasteiger partial charge is 0.237 e. The van der Waals surface area contributed by atoms with Crippen LogP contribution in [0, 0.1) is 23.2 Å². The van der Waals surface area contributed by atoms with Gasteiger partial charge < -0.3 is 15.4 Å². The molecule has 0 radical (unpaired) electrons. The van der Waals surface area contributed by atoms with Gasteiger partial charge in [0.05, 0.1) is 23.9 Å². The number of ether oxygens (including phenoxy) is 1. The third-order valence-corrected chi connectivity index (χ3v) is 8.22. The molecule has 0 saturated heterocycles. The minimum atomic E-state index is 0.0225. The maximum absolute atomic E-state index is 8.91. The normalized spacial score (nSPS) is 14.6. The topological polar surface area (TPSA) is 70.0 Å². The largest absolute Gasteiger partial charge is 0.470 e. The summed E-state index contributed by atoms with van der Waals surface area (Å²) in [5, 5.41) is 15.9. The Morgan fingerprint density at radius 2 is 1.75 bits per heavy atom. The number of anilines is 1. The standard InChI is InChI=1S/C28H36N4OS.C6H6/c1-18(2)20(5)27(34-21(6)19(3)4)24-13-26-28(32-15-24)33-25(17-31-26)16-30-12-11-22-7-9-23(14-29)10-8-22;1-2-4-6-5-3-1/h7-10,13,15,18-19,25,30-31H,6,11-12,16-17H2,1-5H3;1-6H/b27-20-;/t25-;/m1./s1. The van der Waals surface area contributed by atoms with Crippen molar-refractivity contribution in [2.24, 2.45) is 11.8 Å². The molecular weight excluding hydrogens is 512 g/mol. The van der Waals surface area contributed by atoms with Gasteiger partial charge in [0.15, 0.2) is 0 Å². The molecule has 0 bridgehead atoms. The number of allylic oxidation sites excluding steroid dienone is 2. The van der Waals surface area contributed by atoms with Crippen LogP contribution in [0.15, 0.2) is 90.0 Å². The van der Waals surface area contributed by atoms with Gasteiger partial charge >= 0.3 is 0 Å². The average molecular weight is 555 g/mol. The van der Waals surface area contributed by atoms with E-state index in [9.17, 15) is 0 Å². The fourth-order valence-electron chi connectivity index (χ4n) is 3.84. The van der Waals surface area contributed by atoms with E-state index in [2.05, 4.69) is 69.0 Å². The molecule has 6 heteroatoms. The molecule has 1 aliphatic heterocycles. The Kier molecular flexibility index (Phi) is 12.3. The molecule has 1 atom stereocenters. The van der Waals surface area contributed by atoms with Crippen molar-refractivity contribution in [1.29, 1.82) is 5.26 Å². The molecule has 0 fully saturated rings. The summed E-state index contributed by atoms with van der Waals surface area (Å²) in [4.78, 5) is 7.05. The first kappa shape index (κ1) is 31.0. The van der Waals surface area contributed by atoms with Crippen LogP contribution in [0.4, 0.5) is 5.69 Å². The molecule has 0 amide bonds. The van der Waals surface area contributed by atoms with Crippen molar-refractivity contribution in [2.45, 2.75) is 47.1 Å². The zero-order valence-electron chi connectivity index (χ0n) is 24.4. The highest BCUT2D eigenvalue weighted by Gasteiger charge is 2.22. The molecule has 1 aromatic heterocycles. The molecule has 2 aromatic carbocycles. The van der Waals surface area contributed by atoms with Crippen LogP contribution < -0.4 is 15.4 Å². The number of hydrogen-bond donors (Lipinski definition) is 2. The van der Waals surface area contributed by atoms with Gasteiger partial charge in [0.2, 0.25) is 5.88 Å². The van der Waals surface area contributed by atoms with Crippen LogP contribution in [-0.4, -0.2) is 30.7 Å². The second-order valence-electron chi connectivity index (χ2n) is 10.5. The van der Waals surface area contributed by atoms with E-state index in [1.165, 1.54) is 16.0 Å². The van der Waals surface area contributed by atoms with E-state index >= 15 is 0 Å². The number of thioether (sulfide) groups is 1. The lowest BCUT2D eigenvalue weighted by Gasteiger charge is -2.27. The van der Waals surface area contributed by atoms with Gasteiger partial charge in [-0.1, -0.05) is 100 Å². The van der Waals surface area contributed by atoms with Gasteiger partial charge in [-0.2, -0.15) is 5.26 Å². The first-order valence-electron chi connectivity index (χ1n) is 14.0. The number of benzene rings is 2. The molecular formula is C34H42N4OS. The molecule has 3 aromatic rings. The molecule has 1 aliphatic rings. The lowest BCUT2D eigenvalue weighted by Crippen LogP contribution is -2.40. The molecule has 0 unspecified atom stereocenters. The number of pyridine rings is 1. The number of aromatic nitrogens is 1. The molecule has 5 nitrogen and oxygen atoms in total. The summed E-state index contributed by atoms with van der Waals surface area (Å²) in [5.41, 5.74) is 5.29. The van der Waals surface area contributed by atoms with E-state index in [1.807, 2.05) is 66.9 Å². The summed E-state index contributed by atoms with van der Waals surface area (Å²) in [7, 11) is 0. The lowest BCUT2D eigenvalue weighted by molar-refractivity contribution is 0.194. The Morgan fingerprint density at radius 3 is 2.33 bits per heavy atom. The maximum Gasteiger partial charge on any atom is 0.237 e.